The molecule has 1 aromatic heterocycles. The largest absolute Gasteiger partial charge is 0.493 e. The molecule has 2 aromatic rings. The van der Waals surface area contributed by atoms with Gasteiger partial charge in [-0.1, -0.05) is 6.92 Å². The van der Waals surface area contributed by atoms with Crippen LogP contribution in [-0.2, 0) is 14.9 Å². The average molecular weight is 509 g/mol. The molecule has 1 saturated heterocycles. The molecule has 1 aliphatic rings. The maximum atomic E-state index is 12.2. The first-order valence-corrected chi connectivity index (χ1v) is 13.2. The molecule has 194 valence electrons. The van der Waals surface area contributed by atoms with Crippen molar-refractivity contribution >= 4 is 32.9 Å². The number of amides is 1. The summed E-state index contributed by atoms with van der Waals surface area (Å²) in [6.07, 6.45) is 2.63. The number of pyridine rings is 1. The fourth-order valence-electron chi connectivity index (χ4n) is 4.30. The van der Waals surface area contributed by atoms with Crippen molar-refractivity contribution in [3.63, 3.8) is 0 Å². The third kappa shape index (κ3) is 7.11. The van der Waals surface area contributed by atoms with Crippen LogP contribution in [-0.4, -0.2) is 58.9 Å². The van der Waals surface area contributed by atoms with Crippen LogP contribution in [0.25, 0.3) is 10.9 Å². The summed E-state index contributed by atoms with van der Waals surface area (Å²) in [5.41, 5.74) is 1.14. The topological polar surface area (TPSA) is 119 Å². The molecule has 35 heavy (non-hydrogen) atoms. The van der Waals surface area contributed by atoms with E-state index < -0.39 is 21.9 Å². The summed E-state index contributed by atoms with van der Waals surface area (Å²) >= 11 is 0. The van der Waals surface area contributed by atoms with Gasteiger partial charge >= 0.3 is 16.3 Å². The average Bonchev–Trinajstić information content (AvgIpc) is 2.79. The predicted octanol–water partition coefficient (Wildman–Crippen LogP) is 3.46. The highest BCUT2D eigenvalue weighted by Crippen LogP contribution is 2.37. The number of carbonyl (C=O) groups is 1. The molecular weight excluding hydrogens is 472 g/mol. The summed E-state index contributed by atoms with van der Waals surface area (Å²) in [4.78, 5) is 18.6. The van der Waals surface area contributed by atoms with Gasteiger partial charge < -0.3 is 19.1 Å². The predicted molar refractivity (Wildman–Crippen MR) is 135 cm³/mol. The second kappa shape index (κ2) is 10.9. The number of methoxy groups -OCH3 is 2. The zero-order chi connectivity index (χ0) is 25.8. The van der Waals surface area contributed by atoms with E-state index in [0.29, 0.717) is 17.4 Å². The van der Waals surface area contributed by atoms with Crippen molar-refractivity contribution in [1.82, 2.24) is 14.4 Å². The van der Waals surface area contributed by atoms with Gasteiger partial charge in [0.15, 0.2) is 11.5 Å². The first kappa shape index (κ1) is 26.8. The number of nitrogens with one attached hydrogen (secondary N) is 2. The number of nitrogens with zero attached hydrogens (tertiary/aromatic N) is 2. The van der Waals surface area contributed by atoms with Crippen molar-refractivity contribution in [2.24, 2.45) is 11.8 Å². The Bertz CT molecular complexity index is 1140. The van der Waals surface area contributed by atoms with E-state index >= 15 is 0 Å². The van der Waals surface area contributed by atoms with Crippen LogP contribution in [0.4, 0.5) is 10.5 Å². The molecule has 0 aliphatic carbocycles. The smallest absolute Gasteiger partial charge is 0.422 e. The van der Waals surface area contributed by atoms with Gasteiger partial charge in [-0.05, 0) is 57.6 Å². The van der Waals surface area contributed by atoms with Crippen LogP contribution in [0.1, 0.15) is 40.5 Å². The molecule has 11 heteroatoms. The monoisotopic (exact) mass is 508 g/mol. The molecule has 1 amide bonds. The highest BCUT2D eigenvalue weighted by Gasteiger charge is 2.27. The van der Waals surface area contributed by atoms with Gasteiger partial charge in [-0.3, -0.25) is 4.98 Å². The molecule has 1 atom stereocenters. The van der Waals surface area contributed by atoms with Crippen LogP contribution in [0.5, 0.6) is 11.5 Å². The van der Waals surface area contributed by atoms with E-state index in [1.807, 2.05) is 29.8 Å². The third-order valence-corrected chi connectivity index (χ3v) is 7.10. The van der Waals surface area contributed by atoms with Crippen LogP contribution in [0.3, 0.4) is 0 Å². The Morgan fingerprint density at radius 2 is 1.80 bits per heavy atom. The summed E-state index contributed by atoms with van der Waals surface area (Å²) in [5, 5.41) is 0.998. The Kier molecular flexibility index (Phi) is 8.32. The molecular formula is C24H36N4O6S. The Morgan fingerprint density at radius 1 is 1.17 bits per heavy atom. The highest BCUT2D eigenvalue weighted by molar-refractivity contribution is 7.88. The van der Waals surface area contributed by atoms with E-state index in [9.17, 15) is 13.2 Å². The van der Waals surface area contributed by atoms with Crippen molar-refractivity contribution in [2.75, 3.05) is 38.8 Å². The first-order chi connectivity index (χ1) is 16.4. The number of hydrogen-bond acceptors (Lipinski definition) is 8. The van der Waals surface area contributed by atoms with Gasteiger partial charge in [-0.25, -0.2) is 9.52 Å². The minimum Gasteiger partial charge on any atom is -0.493 e. The molecule has 2 heterocycles. The summed E-state index contributed by atoms with van der Waals surface area (Å²) in [6.45, 7) is 8.94. The molecule has 0 saturated carbocycles. The van der Waals surface area contributed by atoms with Gasteiger partial charge in [0.25, 0.3) is 0 Å². The Hall–Kier alpha value is -2.79. The Balaban J connectivity index is 1.59. The van der Waals surface area contributed by atoms with Crippen molar-refractivity contribution in [1.29, 1.82) is 0 Å². The minimum absolute atomic E-state index is 0.103. The van der Waals surface area contributed by atoms with E-state index in [1.54, 1.807) is 41.2 Å². The van der Waals surface area contributed by atoms with Gasteiger partial charge in [-0.15, -0.1) is 0 Å². The van der Waals surface area contributed by atoms with Crippen LogP contribution < -0.4 is 23.8 Å². The molecule has 1 unspecified atom stereocenters. The van der Waals surface area contributed by atoms with Crippen LogP contribution in [0.15, 0.2) is 24.4 Å². The van der Waals surface area contributed by atoms with E-state index in [0.717, 1.165) is 42.5 Å². The van der Waals surface area contributed by atoms with E-state index in [-0.39, 0.29) is 12.5 Å². The van der Waals surface area contributed by atoms with E-state index in [1.165, 1.54) is 0 Å². The van der Waals surface area contributed by atoms with Crippen molar-refractivity contribution in [2.45, 2.75) is 46.1 Å². The maximum absolute atomic E-state index is 12.2. The van der Waals surface area contributed by atoms with E-state index in [2.05, 4.69) is 14.6 Å². The number of rotatable bonds is 8. The van der Waals surface area contributed by atoms with Gasteiger partial charge in [-0.2, -0.15) is 13.1 Å². The van der Waals surface area contributed by atoms with E-state index in [4.69, 9.17) is 14.2 Å². The Labute approximate surface area is 207 Å². The van der Waals surface area contributed by atoms with Gasteiger partial charge in [0, 0.05) is 43.0 Å². The second-order valence-corrected chi connectivity index (χ2v) is 11.3. The lowest BCUT2D eigenvalue weighted by molar-refractivity contribution is 0.0569. The number of benzene rings is 1. The summed E-state index contributed by atoms with van der Waals surface area (Å²) in [7, 11) is -0.772. The molecule has 1 fully saturated rings. The molecule has 0 spiro atoms. The fraction of sp³-hybridized carbons (Fsp3) is 0.583. The summed E-state index contributed by atoms with van der Waals surface area (Å²) < 4.78 is 44.7. The van der Waals surface area contributed by atoms with Gasteiger partial charge in [0.05, 0.1) is 19.7 Å². The first-order valence-electron chi connectivity index (χ1n) is 11.7. The van der Waals surface area contributed by atoms with Crippen LogP contribution in [0, 0.1) is 11.8 Å². The fourth-order valence-corrected chi connectivity index (χ4v) is 5.11. The molecule has 2 N–H and O–H groups in total. The van der Waals surface area contributed by atoms with Crippen molar-refractivity contribution < 1.29 is 27.4 Å². The quantitative estimate of drug-likeness (QED) is 0.556. The third-order valence-electron chi connectivity index (χ3n) is 6.12. The number of carbonyl (C=O) groups excluding carboxylic acids is 1. The molecule has 3 rings (SSSR count). The SMILES string of the molecule is COc1cc2nccc(N3CCC(C(C)CNS(=O)(=O)NC(=O)OC(C)(C)C)CC3)c2cc1OC. The summed E-state index contributed by atoms with van der Waals surface area (Å²) in [5.74, 6) is 1.75. The molecule has 1 aliphatic heterocycles. The maximum Gasteiger partial charge on any atom is 0.422 e. The molecule has 10 nitrogen and oxygen atoms in total. The van der Waals surface area contributed by atoms with Gasteiger partial charge in [0.1, 0.15) is 5.60 Å². The van der Waals surface area contributed by atoms with Gasteiger partial charge in [0.2, 0.25) is 0 Å². The van der Waals surface area contributed by atoms with Crippen molar-refractivity contribution in [3.05, 3.63) is 24.4 Å². The minimum atomic E-state index is -3.99. The van der Waals surface area contributed by atoms with Crippen molar-refractivity contribution in [3.8, 4) is 11.5 Å². The number of hydrogen-bond donors (Lipinski definition) is 2. The number of fused-ring (bicyclic) bond motifs is 1. The lowest BCUT2D eigenvalue weighted by atomic mass is 9.85. The number of aromatic nitrogens is 1. The second-order valence-electron chi connectivity index (χ2n) is 9.81. The zero-order valence-corrected chi connectivity index (χ0v) is 22.1. The highest BCUT2D eigenvalue weighted by atomic mass is 32.2. The lowest BCUT2D eigenvalue weighted by Crippen LogP contribution is -2.45. The molecule has 0 bridgehead atoms. The number of piperidine rings is 1. The normalized spacial score (nSPS) is 16.1. The Morgan fingerprint density at radius 3 is 2.40 bits per heavy atom. The lowest BCUT2D eigenvalue weighted by Gasteiger charge is -2.36. The molecule has 1 aromatic carbocycles. The summed E-state index contributed by atoms with van der Waals surface area (Å²) in [6, 6.07) is 5.84. The molecule has 0 radical (unpaired) electrons. The van der Waals surface area contributed by atoms with Crippen LogP contribution in [0.2, 0.25) is 0 Å². The standard InChI is InChI=1S/C24H36N4O6S/c1-16(15-26-35(30,31)27-23(29)34-24(2,3)4)17-8-11-28(12-9-17)20-7-10-25-19-14-22(33-6)21(32-5)13-18(19)20/h7,10,13-14,16-17,26H,8-9,11-12,15H2,1-6H3,(H,27,29). The van der Waals surface area contributed by atoms with Crippen LogP contribution >= 0.6 is 0 Å². The zero-order valence-electron chi connectivity index (χ0n) is 21.3. The number of anilines is 1. The number of ether oxygens (including phenoxy) is 3.